The Labute approximate surface area is 188 Å². The molecule has 0 aliphatic heterocycles. The molecule has 2 heterocycles. The van der Waals surface area contributed by atoms with Crippen LogP contribution in [-0.4, -0.2) is 33.6 Å². The first-order valence-electron chi connectivity index (χ1n) is 8.73. The second-order valence-corrected chi connectivity index (χ2v) is 6.63. The van der Waals surface area contributed by atoms with Gasteiger partial charge >= 0.3 is 29.6 Å². The van der Waals surface area contributed by atoms with Gasteiger partial charge in [-0.2, -0.15) is 0 Å². The number of aliphatic hydroxyl groups excluding tert-OH is 1. The predicted molar refractivity (Wildman–Crippen MR) is 99.4 cm³/mol. The second kappa shape index (κ2) is 9.98. The van der Waals surface area contributed by atoms with Crippen molar-refractivity contribution in [3.05, 3.63) is 69.4 Å². The summed E-state index contributed by atoms with van der Waals surface area (Å²) < 4.78 is 13.0. The largest absolute Gasteiger partial charge is 1.00 e. The van der Waals surface area contributed by atoms with Crippen molar-refractivity contribution in [2.75, 3.05) is 6.61 Å². The minimum atomic E-state index is -0.648. The Bertz CT molecular complexity index is 1070. The molecule has 0 fully saturated rings. The van der Waals surface area contributed by atoms with E-state index in [1.165, 1.54) is 18.3 Å². The maximum Gasteiger partial charge on any atom is 1.00 e. The quantitative estimate of drug-likeness (QED) is 0.400. The average Bonchev–Trinajstić information content (AvgIpc) is 2.66. The topological polar surface area (TPSA) is 118 Å². The summed E-state index contributed by atoms with van der Waals surface area (Å²) in [6, 6.07) is 7.18. The van der Waals surface area contributed by atoms with Crippen LogP contribution in [0.1, 0.15) is 23.6 Å². The molecule has 7 nitrogen and oxygen atoms in total. The monoisotopic (exact) mass is 407 g/mol. The van der Waals surface area contributed by atoms with Crippen molar-refractivity contribution in [2.24, 2.45) is 0 Å². The standard InChI is InChI=1S/C20H20FN3O4.Na/c1-11(10-25)23-17(26)8-15-19(27)18-16(24-20(15)28)7-13(9-22-18)6-12-2-4-14(21)5-3-12;/h2-5,7,9,11,25H,6,8,10H2,1H3,(H,23,26)(H2,24,27,28);/q;+1/p-1/t11-;/m0./s1. The number of aromatic amines is 1. The van der Waals surface area contributed by atoms with Crippen molar-refractivity contribution in [2.45, 2.75) is 25.8 Å². The summed E-state index contributed by atoms with van der Waals surface area (Å²) in [5.41, 5.74) is 1.11. The molecule has 3 rings (SSSR count). The van der Waals surface area contributed by atoms with Gasteiger partial charge in [0.2, 0.25) is 5.91 Å². The van der Waals surface area contributed by atoms with E-state index in [4.69, 9.17) is 5.11 Å². The fourth-order valence-electron chi connectivity index (χ4n) is 2.86. The van der Waals surface area contributed by atoms with Crippen LogP contribution < -0.4 is 45.5 Å². The van der Waals surface area contributed by atoms with Crippen molar-refractivity contribution in [1.82, 2.24) is 15.3 Å². The number of H-pyrrole nitrogens is 1. The predicted octanol–water partition coefficient (Wildman–Crippen LogP) is -2.23. The van der Waals surface area contributed by atoms with Crippen LogP contribution in [0.4, 0.5) is 4.39 Å². The number of halogens is 1. The molecule has 2 aromatic heterocycles. The summed E-state index contributed by atoms with van der Waals surface area (Å²) in [4.78, 5) is 31.0. The zero-order chi connectivity index (χ0) is 20.3. The molecule has 1 aromatic carbocycles. The van der Waals surface area contributed by atoms with Crippen molar-refractivity contribution in [1.29, 1.82) is 0 Å². The SMILES string of the molecule is C[C@@H](CO)NC(=O)Cc1c([O-])c2ncc(Cc3ccc(F)cc3)cc2[nH]c1=O.[Na+]. The van der Waals surface area contributed by atoms with Crippen LogP contribution >= 0.6 is 0 Å². The summed E-state index contributed by atoms with van der Waals surface area (Å²) >= 11 is 0. The van der Waals surface area contributed by atoms with Crippen LogP contribution in [0.15, 0.2) is 41.3 Å². The van der Waals surface area contributed by atoms with E-state index in [2.05, 4.69) is 15.3 Å². The summed E-state index contributed by atoms with van der Waals surface area (Å²) in [6.45, 7) is 1.35. The number of nitrogens with one attached hydrogen (secondary N) is 2. The molecule has 9 heteroatoms. The van der Waals surface area contributed by atoms with E-state index in [0.717, 1.165) is 11.1 Å². The average molecular weight is 407 g/mol. The molecule has 0 saturated carbocycles. The van der Waals surface area contributed by atoms with Crippen LogP contribution in [0.3, 0.4) is 0 Å². The number of carbonyl (C=O) groups excluding carboxylic acids is 1. The van der Waals surface area contributed by atoms with Gasteiger partial charge in [-0.3, -0.25) is 14.6 Å². The third-order valence-electron chi connectivity index (χ3n) is 4.30. The van der Waals surface area contributed by atoms with Crippen molar-refractivity contribution >= 4 is 16.9 Å². The normalized spacial score (nSPS) is 11.7. The number of aliphatic hydroxyl groups is 1. The van der Waals surface area contributed by atoms with E-state index < -0.39 is 29.7 Å². The second-order valence-electron chi connectivity index (χ2n) is 6.63. The Morgan fingerprint density at radius 1 is 1.31 bits per heavy atom. The van der Waals surface area contributed by atoms with Gasteiger partial charge < -0.3 is 20.5 Å². The van der Waals surface area contributed by atoms with Crippen LogP contribution in [0, 0.1) is 5.82 Å². The van der Waals surface area contributed by atoms with Gasteiger partial charge in [-0.1, -0.05) is 17.9 Å². The molecule has 0 radical (unpaired) electrons. The van der Waals surface area contributed by atoms with Crippen LogP contribution in [0.2, 0.25) is 0 Å². The van der Waals surface area contributed by atoms with Gasteiger partial charge in [0, 0.05) is 17.8 Å². The molecule has 0 aliphatic carbocycles. The molecule has 0 aliphatic rings. The Balaban J connectivity index is 0.00000300. The molecule has 1 amide bonds. The summed E-state index contributed by atoms with van der Waals surface area (Å²) in [6.07, 6.45) is 1.58. The third-order valence-corrected chi connectivity index (χ3v) is 4.30. The summed E-state index contributed by atoms with van der Waals surface area (Å²) in [5, 5.41) is 24.1. The van der Waals surface area contributed by atoms with Gasteiger partial charge in [0.1, 0.15) is 5.82 Å². The van der Waals surface area contributed by atoms with Crippen LogP contribution in [-0.2, 0) is 17.6 Å². The van der Waals surface area contributed by atoms with Gasteiger partial charge in [-0.05, 0) is 42.7 Å². The number of benzene rings is 1. The summed E-state index contributed by atoms with van der Waals surface area (Å²) in [5.74, 6) is -1.46. The van der Waals surface area contributed by atoms with Gasteiger partial charge in [0.05, 0.1) is 24.1 Å². The Kier molecular flexibility index (Phi) is 7.92. The number of nitrogens with zero attached hydrogens (tertiary/aromatic N) is 1. The number of aromatic nitrogens is 2. The minimum Gasteiger partial charge on any atom is -0.871 e. The molecule has 3 aromatic rings. The van der Waals surface area contributed by atoms with Crippen LogP contribution in [0.25, 0.3) is 11.0 Å². The number of hydrogen-bond donors (Lipinski definition) is 3. The molecule has 29 heavy (non-hydrogen) atoms. The Morgan fingerprint density at radius 3 is 2.66 bits per heavy atom. The van der Waals surface area contributed by atoms with E-state index in [-0.39, 0.29) is 58.6 Å². The van der Waals surface area contributed by atoms with Gasteiger partial charge in [0.15, 0.2) is 0 Å². The van der Waals surface area contributed by atoms with Gasteiger partial charge in [0.25, 0.3) is 5.56 Å². The van der Waals surface area contributed by atoms with Crippen molar-refractivity contribution in [3.8, 4) is 5.75 Å². The first kappa shape index (κ1) is 23.0. The molecule has 0 bridgehead atoms. The molecule has 0 unspecified atom stereocenters. The van der Waals surface area contributed by atoms with Crippen LogP contribution in [0.5, 0.6) is 5.75 Å². The summed E-state index contributed by atoms with van der Waals surface area (Å²) in [7, 11) is 0. The van der Waals surface area contributed by atoms with Crippen molar-refractivity contribution < 1.29 is 49.0 Å². The van der Waals surface area contributed by atoms with E-state index in [1.807, 2.05) is 0 Å². The minimum absolute atomic E-state index is 0. The van der Waals surface area contributed by atoms with E-state index in [1.54, 1.807) is 25.1 Å². The molecule has 1 atom stereocenters. The molecular formula is C20H19FN3NaO4. The van der Waals surface area contributed by atoms with Gasteiger partial charge in [-0.25, -0.2) is 4.39 Å². The van der Waals surface area contributed by atoms with Crippen molar-refractivity contribution in [3.63, 3.8) is 0 Å². The number of fused-ring (bicyclic) bond motifs is 1. The first-order valence-corrected chi connectivity index (χ1v) is 8.73. The number of hydrogen-bond acceptors (Lipinski definition) is 5. The zero-order valence-electron chi connectivity index (χ0n) is 16.2. The Morgan fingerprint density at radius 2 is 2.00 bits per heavy atom. The molecule has 3 N–H and O–H groups in total. The zero-order valence-corrected chi connectivity index (χ0v) is 18.2. The third kappa shape index (κ3) is 5.63. The maximum atomic E-state index is 13.0. The van der Waals surface area contributed by atoms with E-state index in [9.17, 15) is 19.1 Å². The Hall–Kier alpha value is -2.26. The van der Waals surface area contributed by atoms with Gasteiger partial charge in [-0.15, -0.1) is 0 Å². The number of pyridine rings is 2. The number of rotatable bonds is 6. The molecule has 0 spiro atoms. The fourth-order valence-corrected chi connectivity index (χ4v) is 2.86. The molecule has 146 valence electrons. The number of carbonyl (C=O) groups is 1. The molecule has 0 saturated heterocycles. The smallest absolute Gasteiger partial charge is 0.871 e. The first-order chi connectivity index (χ1) is 13.4. The fraction of sp³-hybridized carbons (Fsp3) is 0.250. The molecular weight excluding hydrogens is 388 g/mol. The number of amides is 1. The maximum absolute atomic E-state index is 13.0. The van der Waals surface area contributed by atoms with E-state index >= 15 is 0 Å². The van der Waals surface area contributed by atoms with E-state index in [0.29, 0.717) is 6.42 Å².